The fourth-order valence-electron chi connectivity index (χ4n) is 6.02. The first-order chi connectivity index (χ1) is 23.3. The fourth-order valence-corrected chi connectivity index (χ4v) is 7.21. The van der Waals surface area contributed by atoms with Crippen molar-refractivity contribution in [2.45, 2.75) is 37.3 Å². The van der Waals surface area contributed by atoms with Gasteiger partial charge >= 0.3 is 23.9 Å². The molecule has 0 heterocycles. The first-order valence-electron chi connectivity index (χ1n) is 15.8. The van der Waals surface area contributed by atoms with Crippen LogP contribution in [0, 0.1) is 29.6 Å². The minimum absolute atomic E-state index is 0.0216. The van der Waals surface area contributed by atoms with Gasteiger partial charge < -0.3 is 18.9 Å². The van der Waals surface area contributed by atoms with Crippen LogP contribution in [0.1, 0.15) is 29.2 Å². The van der Waals surface area contributed by atoms with Crippen LogP contribution in [0.2, 0.25) is 0 Å². The lowest BCUT2D eigenvalue weighted by Crippen LogP contribution is -2.57. The summed E-state index contributed by atoms with van der Waals surface area (Å²) in [6.45, 7) is 1.57. The fraction of sp³-hybridized carbons (Fsp3) is 0.282. The summed E-state index contributed by atoms with van der Waals surface area (Å²) < 4.78 is 22.5. The van der Waals surface area contributed by atoms with E-state index < -0.39 is 57.4 Å². The second-order valence-electron chi connectivity index (χ2n) is 11.8. The molecule has 48 heavy (non-hydrogen) atoms. The van der Waals surface area contributed by atoms with E-state index in [1.165, 1.54) is 0 Å². The molecular weight excluding hydrogens is 723 g/mol. The Kier molecular flexibility index (Phi) is 12.4. The van der Waals surface area contributed by atoms with Crippen LogP contribution in [-0.2, 0) is 64.6 Å². The third-order valence-electron chi connectivity index (χ3n) is 8.56. The van der Waals surface area contributed by atoms with Gasteiger partial charge in [-0.1, -0.05) is 151 Å². The minimum atomic E-state index is -1.38. The van der Waals surface area contributed by atoms with E-state index in [4.69, 9.17) is 18.9 Å². The van der Waals surface area contributed by atoms with Crippen molar-refractivity contribution in [1.82, 2.24) is 0 Å². The summed E-state index contributed by atoms with van der Waals surface area (Å²) in [5, 5.41) is 0. The molecular formula is C39H37IO8. The predicted octanol–water partition coefficient (Wildman–Crippen LogP) is 6.88. The van der Waals surface area contributed by atoms with E-state index in [-0.39, 0.29) is 26.4 Å². The minimum Gasteiger partial charge on any atom is -0.461 e. The Hall–Kier alpha value is -4.51. The van der Waals surface area contributed by atoms with Crippen molar-refractivity contribution < 1.29 is 38.1 Å². The monoisotopic (exact) mass is 760 g/mol. The molecule has 9 heteroatoms. The first-order valence-corrected chi connectivity index (χ1v) is 17.0. The maximum absolute atomic E-state index is 14.2. The summed E-state index contributed by atoms with van der Waals surface area (Å²) in [4.78, 5) is 56.2. The Morgan fingerprint density at radius 2 is 0.688 bits per heavy atom. The van der Waals surface area contributed by atoms with Gasteiger partial charge in [-0.05, 0) is 28.2 Å². The van der Waals surface area contributed by atoms with Crippen LogP contribution in [0.4, 0.5) is 0 Å². The molecule has 1 saturated carbocycles. The highest BCUT2D eigenvalue weighted by molar-refractivity contribution is 14.1. The van der Waals surface area contributed by atoms with Crippen molar-refractivity contribution in [2.24, 2.45) is 29.6 Å². The van der Waals surface area contributed by atoms with Gasteiger partial charge in [0, 0.05) is 3.92 Å². The molecule has 0 N–H and O–H groups in total. The smallest absolute Gasteiger partial charge is 0.311 e. The predicted molar refractivity (Wildman–Crippen MR) is 186 cm³/mol. The summed E-state index contributed by atoms with van der Waals surface area (Å²) in [6.07, 6.45) is 0. The third-order valence-corrected chi connectivity index (χ3v) is 10.5. The van der Waals surface area contributed by atoms with Crippen LogP contribution in [0.15, 0.2) is 121 Å². The number of carbonyl (C=O) groups is 4. The molecule has 1 fully saturated rings. The normalized spacial score (nSPS) is 21.8. The summed E-state index contributed by atoms with van der Waals surface area (Å²) in [7, 11) is 0. The molecule has 0 saturated heterocycles. The Balaban J connectivity index is 1.49. The zero-order chi connectivity index (χ0) is 33.9. The van der Waals surface area contributed by atoms with Gasteiger partial charge in [-0.25, -0.2) is 0 Å². The first kappa shape index (κ1) is 34.8. The number of benzene rings is 4. The van der Waals surface area contributed by atoms with Crippen LogP contribution in [0.25, 0.3) is 0 Å². The second-order valence-corrected chi connectivity index (χ2v) is 13.2. The molecule has 0 amide bonds. The molecule has 8 nitrogen and oxygen atoms in total. The van der Waals surface area contributed by atoms with Gasteiger partial charge in [0.25, 0.3) is 0 Å². The van der Waals surface area contributed by atoms with Gasteiger partial charge in [0.2, 0.25) is 0 Å². The molecule has 0 spiro atoms. The van der Waals surface area contributed by atoms with Crippen molar-refractivity contribution >= 4 is 46.5 Å². The van der Waals surface area contributed by atoms with Crippen molar-refractivity contribution in [1.29, 1.82) is 0 Å². The molecule has 4 aromatic rings. The van der Waals surface area contributed by atoms with E-state index in [9.17, 15) is 19.2 Å². The van der Waals surface area contributed by atoms with Crippen molar-refractivity contribution in [3.05, 3.63) is 144 Å². The second kappa shape index (κ2) is 17.1. The van der Waals surface area contributed by atoms with Gasteiger partial charge in [-0.3, -0.25) is 19.2 Å². The van der Waals surface area contributed by atoms with E-state index in [1.54, 1.807) is 31.2 Å². The van der Waals surface area contributed by atoms with Gasteiger partial charge in [-0.15, -0.1) is 0 Å². The van der Waals surface area contributed by atoms with Crippen LogP contribution in [0.3, 0.4) is 0 Å². The topological polar surface area (TPSA) is 105 Å². The van der Waals surface area contributed by atoms with Crippen LogP contribution >= 0.6 is 22.6 Å². The number of rotatable bonds is 12. The van der Waals surface area contributed by atoms with Crippen molar-refractivity contribution in [2.75, 3.05) is 0 Å². The maximum atomic E-state index is 14.2. The Labute approximate surface area is 293 Å². The molecule has 0 radical (unpaired) electrons. The quantitative estimate of drug-likeness (QED) is 0.0667. The van der Waals surface area contributed by atoms with Gasteiger partial charge in [0.05, 0.1) is 23.7 Å². The number of hydrogen-bond donors (Lipinski definition) is 0. The SMILES string of the molecule is CC1C(I)C(C(=O)OCc2ccccc2)C(C(=O)OCc2ccccc2)C(C(=O)OCc2ccccc2)C1C(=O)OCc1ccccc1. The molecule has 0 aromatic heterocycles. The standard InChI is InChI=1S/C39H37IO8/c1-26-31(36(41)45-22-27-14-6-2-7-15-27)32(37(42)46-23-28-16-8-3-9-17-28)33(38(43)47-24-29-18-10-4-11-19-29)34(35(26)40)39(44)48-25-30-20-12-5-13-21-30/h2-21,26,31-35H,22-25H2,1H3. The number of esters is 4. The highest BCUT2D eigenvalue weighted by Gasteiger charge is 2.60. The average Bonchev–Trinajstić information content (AvgIpc) is 3.13. The summed E-state index contributed by atoms with van der Waals surface area (Å²) in [6, 6.07) is 36.5. The van der Waals surface area contributed by atoms with E-state index in [1.807, 2.05) is 97.1 Å². The van der Waals surface area contributed by atoms with Crippen LogP contribution in [0.5, 0.6) is 0 Å². The lowest BCUT2D eigenvalue weighted by molar-refractivity contribution is -0.184. The highest BCUT2D eigenvalue weighted by Crippen LogP contribution is 2.48. The zero-order valence-corrected chi connectivity index (χ0v) is 28.6. The number of hydrogen-bond acceptors (Lipinski definition) is 8. The Morgan fingerprint density at radius 3 is 1.00 bits per heavy atom. The largest absolute Gasteiger partial charge is 0.461 e. The number of alkyl halides is 1. The molecule has 0 aliphatic heterocycles. The number of halogens is 1. The lowest BCUT2D eigenvalue weighted by atomic mass is 9.62. The van der Waals surface area contributed by atoms with Crippen LogP contribution in [-0.4, -0.2) is 27.8 Å². The number of carbonyl (C=O) groups excluding carboxylic acids is 4. The molecule has 5 rings (SSSR count). The molecule has 4 aromatic carbocycles. The van der Waals surface area contributed by atoms with Gasteiger partial charge in [0.15, 0.2) is 0 Å². The van der Waals surface area contributed by atoms with E-state index in [0.717, 1.165) is 22.3 Å². The highest BCUT2D eigenvalue weighted by atomic mass is 127. The Morgan fingerprint density at radius 1 is 0.438 bits per heavy atom. The summed E-state index contributed by atoms with van der Waals surface area (Å²) in [5.41, 5.74) is 2.99. The van der Waals surface area contributed by atoms with E-state index in [2.05, 4.69) is 22.6 Å². The molecule has 1 aliphatic rings. The van der Waals surface area contributed by atoms with Gasteiger partial charge in [-0.2, -0.15) is 0 Å². The third kappa shape index (κ3) is 8.89. The van der Waals surface area contributed by atoms with E-state index >= 15 is 0 Å². The molecule has 1 aliphatic carbocycles. The summed E-state index contributed by atoms with van der Waals surface area (Å²) in [5.74, 6) is -8.46. The van der Waals surface area contributed by atoms with Gasteiger partial charge in [0.1, 0.15) is 26.4 Å². The lowest BCUT2D eigenvalue weighted by Gasteiger charge is -2.44. The Bertz CT molecular complexity index is 1520. The maximum Gasteiger partial charge on any atom is 0.311 e. The average molecular weight is 761 g/mol. The molecule has 6 atom stereocenters. The van der Waals surface area contributed by atoms with Crippen molar-refractivity contribution in [3.8, 4) is 0 Å². The zero-order valence-electron chi connectivity index (χ0n) is 26.5. The van der Waals surface area contributed by atoms with Crippen molar-refractivity contribution in [3.63, 3.8) is 0 Å². The van der Waals surface area contributed by atoms with E-state index in [0.29, 0.717) is 0 Å². The summed E-state index contributed by atoms with van der Waals surface area (Å²) >= 11 is 2.09. The number of ether oxygens (including phenoxy) is 4. The van der Waals surface area contributed by atoms with Crippen LogP contribution < -0.4 is 0 Å². The molecule has 248 valence electrons. The molecule has 6 unspecified atom stereocenters. The molecule has 0 bridgehead atoms.